The normalized spacial score (nSPS) is 26.5. The Hall–Kier alpha value is -0.140. The summed E-state index contributed by atoms with van der Waals surface area (Å²) in [5.41, 5.74) is 0. The van der Waals surface area contributed by atoms with E-state index in [1.54, 1.807) is 0 Å². The molecule has 1 heterocycles. The molecule has 2 unspecified atom stereocenters. The smallest absolute Gasteiger partial charge is 0.309 e. The van der Waals surface area contributed by atoms with Gasteiger partial charge in [-0.25, -0.2) is 0 Å². The van der Waals surface area contributed by atoms with Crippen LogP contribution in [0.3, 0.4) is 0 Å². The zero-order valence-electron chi connectivity index (χ0n) is 6.75. The summed E-state index contributed by atoms with van der Waals surface area (Å²) in [6.07, 6.45) is 2.06. The summed E-state index contributed by atoms with van der Waals surface area (Å²) >= 11 is 0. The lowest BCUT2D eigenvalue weighted by molar-refractivity contribution is -0.146. The lowest BCUT2D eigenvalue weighted by atomic mass is 10.0. The highest BCUT2D eigenvalue weighted by Crippen LogP contribution is 2.19. The summed E-state index contributed by atoms with van der Waals surface area (Å²) < 4.78 is 6.75. The van der Waals surface area contributed by atoms with E-state index >= 15 is 0 Å². The van der Waals surface area contributed by atoms with Gasteiger partial charge < -0.3 is 4.74 Å². The van der Waals surface area contributed by atoms with Gasteiger partial charge in [0.05, 0.1) is 13.0 Å². The van der Waals surface area contributed by atoms with Gasteiger partial charge in [-0.15, -0.1) is 0 Å². The summed E-state index contributed by atoms with van der Waals surface area (Å²) in [6.45, 7) is 1.88. The molecule has 0 aliphatic carbocycles. The van der Waals surface area contributed by atoms with Crippen LogP contribution in [-0.2, 0) is 9.53 Å². The van der Waals surface area contributed by atoms with Gasteiger partial charge in [-0.2, -0.15) is 0 Å². The number of methoxy groups -OCH3 is 1. The molecule has 3 nitrogen and oxygen atoms in total. The molecule has 1 rings (SSSR count). The van der Waals surface area contributed by atoms with Gasteiger partial charge in [0.2, 0.25) is 0 Å². The molecule has 1 aliphatic heterocycles. The Morgan fingerprint density at radius 3 is 3.00 bits per heavy atom. The Morgan fingerprint density at radius 2 is 2.45 bits per heavy atom. The molecular weight excluding hydrogens is 161 g/mol. The van der Waals surface area contributed by atoms with Crippen molar-refractivity contribution in [2.75, 3.05) is 20.2 Å². The fourth-order valence-corrected chi connectivity index (χ4v) is 1.80. The number of rotatable bonds is 1. The Bertz CT molecular complexity index is 151. The highest BCUT2D eigenvalue weighted by molar-refractivity contribution is 7.13. The van der Waals surface area contributed by atoms with Crippen molar-refractivity contribution in [3.05, 3.63) is 0 Å². The highest BCUT2D eigenvalue weighted by atomic mass is 31.0. The van der Waals surface area contributed by atoms with E-state index in [4.69, 9.17) is 0 Å². The molecule has 11 heavy (non-hydrogen) atoms. The first-order valence-corrected chi connectivity index (χ1v) is 4.33. The van der Waals surface area contributed by atoms with Crippen LogP contribution in [0.25, 0.3) is 0 Å². The third-order valence-corrected chi connectivity index (χ3v) is 2.46. The van der Waals surface area contributed by atoms with Crippen molar-refractivity contribution in [3.8, 4) is 0 Å². The Morgan fingerprint density at radius 1 is 1.73 bits per heavy atom. The van der Waals surface area contributed by atoms with Gasteiger partial charge in [-0.3, -0.25) is 9.46 Å². The molecule has 0 N–H and O–H groups in total. The first-order valence-electron chi connectivity index (χ1n) is 3.81. The lowest BCUT2D eigenvalue weighted by Gasteiger charge is -2.27. The highest BCUT2D eigenvalue weighted by Gasteiger charge is 2.24. The SMILES string of the molecule is COC(=O)C1CCCN(P)C1. The standard InChI is InChI=1S/C7H14NO2P/c1-10-7(9)6-3-2-4-8(11)5-6/h6H,2-5,11H2,1H3. The van der Waals surface area contributed by atoms with E-state index in [1.165, 1.54) is 7.11 Å². The molecule has 0 amide bonds. The van der Waals surface area contributed by atoms with Crippen molar-refractivity contribution >= 4 is 15.4 Å². The van der Waals surface area contributed by atoms with Crippen molar-refractivity contribution in [2.24, 2.45) is 5.92 Å². The van der Waals surface area contributed by atoms with Crippen molar-refractivity contribution in [1.82, 2.24) is 4.67 Å². The maximum Gasteiger partial charge on any atom is 0.309 e. The Kier molecular flexibility index (Phi) is 3.28. The number of nitrogens with zero attached hydrogens (tertiary/aromatic N) is 1. The van der Waals surface area contributed by atoms with Gasteiger partial charge in [0, 0.05) is 13.1 Å². The average molecular weight is 175 g/mol. The van der Waals surface area contributed by atoms with E-state index in [0.717, 1.165) is 25.9 Å². The summed E-state index contributed by atoms with van der Waals surface area (Å²) in [5.74, 6) is 0.0170. The first-order chi connectivity index (χ1) is 5.24. The predicted molar refractivity (Wildman–Crippen MR) is 46.0 cm³/mol. The van der Waals surface area contributed by atoms with Crippen molar-refractivity contribution in [3.63, 3.8) is 0 Å². The summed E-state index contributed by atoms with van der Waals surface area (Å²) in [4.78, 5) is 11.1. The van der Waals surface area contributed by atoms with Crippen molar-refractivity contribution in [2.45, 2.75) is 12.8 Å². The molecule has 1 aliphatic rings. The zero-order chi connectivity index (χ0) is 8.27. The van der Waals surface area contributed by atoms with Crippen LogP contribution in [0.1, 0.15) is 12.8 Å². The minimum Gasteiger partial charge on any atom is -0.469 e. The molecule has 0 saturated carbocycles. The molecule has 1 saturated heterocycles. The number of hydrogen-bond donors (Lipinski definition) is 0. The number of carbonyl (C=O) groups excluding carboxylic acids is 1. The third kappa shape index (κ3) is 2.42. The number of esters is 1. The molecule has 0 spiro atoms. The van der Waals surface area contributed by atoms with Gasteiger partial charge in [0.15, 0.2) is 0 Å². The molecule has 0 aromatic rings. The van der Waals surface area contributed by atoms with Crippen molar-refractivity contribution in [1.29, 1.82) is 0 Å². The van der Waals surface area contributed by atoms with E-state index in [2.05, 4.69) is 18.8 Å². The number of ether oxygens (including phenoxy) is 1. The molecule has 64 valence electrons. The van der Waals surface area contributed by atoms with Gasteiger partial charge in [0.25, 0.3) is 0 Å². The molecule has 0 radical (unpaired) electrons. The summed E-state index contributed by atoms with van der Waals surface area (Å²) in [5, 5.41) is 0. The van der Waals surface area contributed by atoms with E-state index in [9.17, 15) is 4.79 Å². The fourth-order valence-electron chi connectivity index (χ4n) is 1.37. The van der Waals surface area contributed by atoms with Crippen LogP contribution in [0, 0.1) is 5.92 Å². The summed E-state index contributed by atoms with van der Waals surface area (Å²) in [6, 6.07) is 0. The van der Waals surface area contributed by atoms with Crippen LogP contribution in [-0.4, -0.2) is 30.8 Å². The minimum absolute atomic E-state index is 0.0721. The van der Waals surface area contributed by atoms with Gasteiger partial charge >= 0.3 is 5.97 Å². The topological polar surface area (TPSA) is 29.5 Å². The maximum absolute atomic E-state index is 11.1. The molecule has 0 aromatic heterocycles. The number of hydrogen-bond acceptors (Lipinski definition) is 3. The van der Waals surface area contributed by atoms with Crippen LogP contribution < -0.4 is 0 Å². The molecular formula is C7H14NO2P. The minimum atomic E-state index is -0.0721. The quantitative estimate of drug-likeness (QED) is 0.433. The molecule has 0 bridgehead atoms. The lowest BCUT2D eigenvalue weighted by Crippen LogP contribution is -2.33. The third-order valence-electron chi connectivity index (χ3n) is 1.99. The summed E-state index contributed by atoms with van der Waals surface area (Å²) in [7, 11) is 4.07. The van der Waals surface area contributed by atoms with Crippen LogP contribution in [0.15, 0.2) is 0 Å². The predicted octanol–water partition coefficient (Wildman–Crippen LogP) is 0.661. The molecule has 2 atom stereocenters. The van der Waals surface area contributed by atoms with Gasteiger partial charge in [-0.1, -0.05) is 9.39 Å². The van der Waals surface area contributed by atoms with Gasteiger partial charge in [-0.05, 0) is 12.8 Å². The monoisotopic (exact) mass is 175 g/mol. The van der Waals surface area contributed by atoms with Gasteiger partial charge in [0.1, 0.15) is 0 Å². The maximum atomic E-state index is 11.1. The van der Waals surface area contributed by atoms with Crippen molar-refractivity contribution < 1.29 is 9.53 Å². The van der Waals surface area contributed by atoms with Crippen LogP contribution >= 0.6 is 9.39 Å². The second-order valence-electron chi connectivity index (χ2n) is 2.86. The van der Waals surface area contributed by atoms with Crippen LogP contribution in [0.5, 0.6) is 0 Å². The van der Waals surface area contributed by atoms with E-state index in [-0.39, 0.29) is 11.9 Å². The largest absolute Gasteiger partial charge is 0.469 e. The van der Waals surface area contributed by atoms with Crippen LogP contribution in [0.4, 0.5) is 0 Å². The number of piperidine rings is 1. The molecule has 0 aromatic carbocycles. The average Bonchev–Trinajstić information content (AvgIpc) is 2.03. The van der Waals surface area contributed by atoms with E-state index < -0.39 is 0 Å². The molecule has 1 fully saturated rings. The fraction of sp³-hybridized carbons (Fsp3) is 0.857. The number of carbonyl (C=O) groups is 1. The van der Waals surface area contributed by atoms with Crippen LogP contribution in [0.2, 0.25) is 0 Å². The first kappa shape index (κ1) is 8.95. The second kappa shape index (κ2) is 4.03. The Labute approximate surface area is 69.3 Å². The Balaban J connectivity index is 2.39. The zero-order valence-corrected chi connectivity index (χ0v) is 7.90. The molecule has 4 heteroatoms. The second-order valence-corrected chi connectivity index (χ2v) is 3.59. The van der Waals surface area contributed by atoms with E-state index in [0.29, 0.717) is 0 Å². The van der Waals surface area contributed by atoms with E-state index in [1.807, 2.05) is 0 Å².